The van der Waals surface area contributed by atoms with Crippen LogP contribution in [0, 0.1) is 18.3 Å². The summed E-state index contributed by atoms with van der Waals surface area (Å²) < 4.78 is 5.09. The smallest absolute Gasteiger partial charge is 0.239 e. The Morgan fingerprint density at radius 1 is 1.25 bits per heavy atom. The number of rotatable bonds is 4. The third-order valence-electron chi connectivity index (χ3n) is 2.68. The van der Waals surface area contributed by atoms with E-state index in [2.05, 4.69) is 26.8 Å². The summed E-state index contributed by atoms with van der Waals surface area (Å²) in [6, 6.07) is 9.35. The van der Waals surface area contributed by atoms with Crippen LogP contribution in [0.15, 0.2) is 24.3 Å². The number of ether oxygens (including phenoxy) is 1. The standard InChI is InChI=1S/C13H14N6O/c1-8-11(7-14)12(18-13(16-8)19-15)17-9-3-5-10(20-2)6-4-9/h3-6H,15H2,1-2H3,(H2,16,17,18,19). The Morgan fingerprint density at radius 2 is 1.95 bits per heavy atom. The molecule has 2 rings (SSSR count). The summed E-state index contributed by atoms with van der Waals surface area (Å²) in [6.07, 6.45) is 0. The van der Waals surface area contributed by atoms with Gasteiger partial charge in [-0.2, -0.15) is 10.2 Å². The summed E-state index contributed by atoms with van der Waals surface area (Å²) in [6.45, 7) is 1.72. The number of methoxy groups -OCH3 is 1. The minimum absolute atomic E-state index is 0.248. The number of nitrogens with zero attached hydrogens (tertiary/aromatic N) is 3. The van der Waals surface area contributed by atoms with Crippen LogP contribution in [0.3, 0.4) is 0 Å². The molecule has 4 N–H and O–H groups in total. The van der Waals surface area contributed by atoms with Crippen LogP contribution in [-0.4, -0.2) is 17.1 Å². The number of nitriles is 1. The maximum Gasteiger partial charge on any atom is 0.239 e. The molecule has 2 aromatic rings. The monoisotopic (exact) mass is 270 g/mol. The van der Waals surface area contributed by atoms with Gasteiger partial charge in [-0.25, -0.2) is 10.8 Å². The Labute approximate surface area is 116 Å². The molecule has 0 aliphatic heterocycles. The van der Waals surface area contributed by atoms with Gasteiger partial charge in [0, 0.05) is 5.69 Å². The number of hydrogen-bond acceptors (Lipinski definition) is 7. The fourth-order valence-electron chi connectivity index (χ4n) is 1.67. The van der Waals surface area contributed by atoms with Gasteiger partial charge >= 0.3 is 0 Å². The highest BCUT2D eigenvalue weighted by Gasteiger charge is 2.11. The molecule has 1 aromatic carbocycles. The average Bonchev–Trinajstić information content (AvgIpc) is 2.47. The Balaban J connectivity index is 2.36. The number of anilines is 3. The van der Waals surface area contributed by atoms with Crippen molar-refractivity contribution < 1.29 is 4.74 Å². The second-order valence-electron chi connectivity index (χ2n) is 3.97. The molecule has 0 unspecified atom stereocenters. The van der Waals surface area contributed by atoms with Crippen LogP contribution in [-0.2, 0) is 0 Å². The van der Waals surface area contributed by atoms with Crippen LogP contribution in [0.2, 0.25) is 0 Å². The van der Waals surface area contributed by atoms with Crippen LogP contribution in [0.1, 0.15) is 11.3 Å². The van der Waals surface area contributed by atoms with Gasteiger partial charge in [0.15, 0.2) is 5.82 Å². The zero-order valence-electron chi connectivity index (χ0n) is 11.1. The van der Waals surface area contributed by atoms with Crippen molar-refractivity contribution >= 4 is 17.5 Å². The van der Waals surface area contributed by atoms with E-state index in [-0.39, 0.29) is 5.95 Å². The molecule has 0 fully saturated rings. The number of nitrogens with one attached hydrogen (secondary N) is 2. The Morgan fingerprint density at radius 3 is 2.50 bits per heavy atom. The predicted octanol–water partition coefficient (Wildman–Crippen LogP) is 1.69. The first-order chi connectivity index (χ1) is 9.67. The Hall–Kier alpha value is -2.85. The third-order valence-corrected chi connectivity index (χ3v) is 2.68. The minimum atomic E-state index is 0.248. The van der Waals surface area contributed by atoms with Crippen LogP contribution in [0.5, 0.6) is 5.75 Å². The summed E-state index contributed by atoms with van der Waals surface area (Å²) in [5.41, 5.74) is 4.08. The normalized spacial score (nSPS) is 9.70. The Kier molecular flexibility index (Phi) is 3.98. The third kappa shape index (κ3) is 2.76. The first-order valence-corrected chi connectivity index (χ1v) is 5.84. The van der Waals surface area contributed by atoms with E-state index >= 15 is 0 Å². The van der Waals surface area contributed by atoms with Gasteiger partial charge in [-0.1, -0.05) is 0 Å². The average molecular weight is 270 g/mol. The lowest BCUT2D eigenvalue weighted by Crippen LogP contribution is -2.13. The van der Waals surface area contributed by atoms with Gasteiger partial charge < -0.3 is 10.1 Å². The molecule has 1 aromatic heterocycles. The van der Waals surface area contributed by atoms with Crippen molar-refractivity contribution in [3.63, 3.8) is 0 Å². The summed E-state index contributed by atoms with van der Waals surface area (Å²) in [5, 5.41) is 12.2. The number of benzene rings is 1. The summed E-state index contributed by atoms with van der Waals surface area (Å²) in [5.74, 6) is 6.71. The number of aromatic nitrogens is 2. The molecule has 0 saturated heterocycles. The first-order valence-electron chi connectivity index (χ1n) is 5.84. The molecule has 102 valence electrons. The van der Waals surface area contributed by atoms with Crippen LogP contribution >= 0.6 is 0 Å². The lowest BCUT2D eigenvalue weighted by Gasteiger charge is -2.11. The van der Waals surface area contributed by atoms with E-state index in [4.69, 9.17) is 10.6 Å². The van der Waals surface area contributed by atoms with E-state index < -0.39 is 0 Å². The molecule has 7 nitrogen and oxygen atoms in total. The first kappa shape index (κ1) is 13.6. The molecule has 0 spiro atoms. The van der Waals surface area contributed by atoms with Crippen molar-refractivity contribution in [3.8, 4) is 11.8 Å². The van der Waals surface area contributed by atoms with Crippen molar-refractivity contribution in [3.05, 3.63) is 35.5 Å². The zero-order chi connectivity index (χ0) is 14.5. The molecule has 7 heteroatoms. The van der Waals surface area contributed by atoms with E-state index in [0.29, 0.717) is 17.1 Å². The molecule has 0 atom stereocenters. The van der Waals surface area contributed by atoms with Crippen molar-refractivity contribution in [1.29, 1.82) is 5.26 Å². The zero-order valence-corrected chi connectivity index (χ0v) is 11.1. The molecule has 20 heavy (non-hydrogen) atoms. The van der Waals surface area contributed by atoms with E-state index in [0.717, 1.165) is 11.4 Å². The van der Waals surface area contributed by atoms with Crippen LogP contribution in [0.4, 0.5) is 17.5 Å². The second kappa shape index (κ2) is 5.86. The predicted molar refractivity (Wildman–Crippen MR) is 75.6 cm³/mol. The number of aryl methyl sites for hydroxylation is 1. The lowest BCUT2D eigenvalue weighted by atomic mass is 10.2. The molecule has 1 heterocycles. The van der Waals surface area contributed by atoms with Crippen molar-refractivity contribution in [1.82, 2.24) is 9.97 Å². The highest BCUT2D eigenvalue weighted by atomic mass is 16.5. The van der Waals surface area contributed by atoms with Crippen molar-refractivity contribution in [2.45, 2.75) is 6.92 Å². The maximum atomic E-state index is 9.18. The maximum absolute atomic E-state index is 9.18. The summed E-state index contributed by atoms with van der Waals surface area (Å²) in [7, 11) is 1.60. The van der Waals surface area contributed by atoms with E-state index in [9.17, 15) is 5.26 Å². The van der Waals surface area contributed by atoms with Crippen LogP contribution in [0.25, 0.3) is 0 Å². The van der Waals surface area contributed by atoms with Gasteiger partial charge in [0.25, 0.3) is 0 Å². The quantitative estimate of drug-likeness (QED) is 0.573. The molecule has 0 aliphatic rings. The largest absolute Gasteiger partial charge is 0.497 e. The van der Waals surface area contributed by atoms with Gasteiger partial charge in [0.1, 0.15) is 17.4 Å². The van der Waals surface area contributed by atoms with E-state index in [1.54, 1.807) is 14.0 Å². The molecule has 0 bridgehead atoms. The lowest BCUT2D eigenvalue weighted by molar-refractivity contribution is 0.415. The van der Waals surface area contributed by atoms with Gasteiger partial charge in [-0.05, 0) is 31.2 Å². The number of nitrogens with two attached hydrogens (primary N) is 1. The molecule has 0 saturated carbocycles. The van der Waals surface area contributed by atoms with Gasteiger partial charge in [0.05, 0.1) is 12.8 Å². The molecule has 0 radical (unpaired) electrons. The fraction of sp³-hybridized carbons (Fsp3) is 0.154. The van der Waals surface area contributed by atoms with Gasteiger partial charge in [-0.15, -0.1) is 0 Å². The summed E-state index contributed by atoms with van der Waals surface area (Å²) in [4.78, 5) is 8.21. The highest BCUT2D eigenvalue weighted by Crippen LogP contribution is 2.23. The second-order valence-corrected chi connectivity index (χ2v) is 3.97. The number of hydrogen-bond donors (Lipinski definition) is 3. The Bertz CT molecular complexity index is 647. The molecular formula is C13H14N6O. The fourth-order valence-corrected chi connectivity index (χ4v) is 1.67. The van der Waals surface area contributed by atoms with Gasteiger partial charge in [0.2, 0.25) is 5.95 Å². The topological polar surface area (TPSA) is 109 Å². The SMILES string of the molecule is COc1ccc(Nc2nc(NN)nc(C)c2C#N)cc1. The number of hydrazine groups is 1. The van der Waals surface area contributed by atoms with E-state index in [1.165, 1.54) is 0 Å². The molecule has 0 amide bonds. The van der Waals surface area contributed by atoms with Crippen LogP contribution < -0.4 is 21.3 Å². The van der Waals surface area contributed by atoms with Crippen molar-refractivity contribution in [2.24, 2.45) is 5.84 Å². The van der Waals surface area contributed by atoms with E-state index in [1.807, 2.05) is 24.3 Å². The molecule has 0 aliphatic carbocycles. The summed E-state index contributed by atoms with van der Waals surface area (Å²) >= 11 is 0. The number of nitrogen functional groups attached to an aromatic ring is 1. The minimum Gasteiger partial charge on any atom is -0.497 e. The van der Waals surface area contributed by atoms with Gasteiger partial charge in [-0.3, -0.25) is 5.43 Å². The van der Waals surface area contributed by atoms with Crippen molar-refractivity contribution in [2.75, 3.05) is 17.9 Å². The highest BCUT2D eigenvalue weighted by molar-refractivity contribution is 5.65. The molecular weight excluding hydrogens is 256 g/mol.